The van der Waals surface area contributed by atoms with E-state index in [1.165, 1.54) is 17.0 Å². The molecule has 0 fully saturated rings. The molecule has 0 aliphatic heterocycles. The van der Waals surface area contributed by atoms with Crippen molar-refractivity contribution >= 4 is 39.2 Å². The quantitative estimate of drug-likeness (QED) is 0.337. The molecule has 0 radical (unpaired) electrons. The highest BCUT2D eigenvalue weighted by atomic mass is 35.5. The number of nitrogens with two attached hydrogens (primary N) is 1. The smallest absolute Gasteiger partial charge is 0.263 e. The van der Waals surface area contributed by atoms with Crippen molar-refractivity contribution in [1.82, 2.24) is 24.3 Å². The molecule has 2 N–H and O–H groups in total. The molecule has 0 saturated carbocycles. The van der Waals surface area contributed by atoms with Gasteiger partial charge in [-0.25, -0.2) is 19.0 Å². The van der Waals surface area contributed by atoms with Gasteiger partial charge >= 0.3 is 0 Å². The average Bonchev–Trinajstić information content (AvgIpc) is 3.25. The number of aromatic nitrogens is 5. The Bertz CT molecular complexity index is 1890. The summed E-state index contributed by atoms with van der Waals surface area (Å²) in [5.41, 5.74) is 9.25. The van der Waals surface area contributed by atoms with Gasteiger partial charge in [0, 0.05) is 16.3 Å². The molecule has 182 valence electrons. The van der Waals surface area contributed by atoms with Crippen molar-refractivity contribution in [2.45, 2.75) is 13.5 Å². The summed E-state index contributed by atoms with van der Waals surface area (Å²) >= 11 is 6.24. The number of halogens is 2. The minimum Gasteiger partial charge on any atom is -0.383 e. The minimum absolute atomic E-state index is 0.126. The van der Waals surface area contributed by atoms with Crippen LogP contribution in [0.5, 0.6) is 0 Å². The maximum atomic E-state index is 15.0. The first kappa shape index (κ1) is 22.9. The van der Waals surface area contributed by atoms with Gasteiger partial charge in [0.1, 0.15) is 23.7 Å². The lowest BCUT2D eigenvalue weighted by atomic mass is 10.1. The Kier molecular flexibility index (Phi) is 5.46. The SMILES string of the molecule is Cc1cccc2cc(Cn3nc(-c4cccc(Cl)c4)c4c(N)ncnc43)n(-c3ccccc3F)c(=O)c12. The summed E-state index contributed by atoms with van der Waals surface area (Å²) in [6, 6.07) is 21.0. The number of hydrogen-bond donors (Lipinski definition) is 1. The molecule has 0 unspecified atom stereocenters. The summed E-state index contributed by atoms with van der Waals surface area (Å²) in [4.78, 5) is 22.4. The molecule has 0 amide bonds. The van der Waals surface area contributed by atoms with Crippen LogP contribution in [-0.2, 0) is 6.54 Å². The lowest BCUT2D eigenvalue weighted by Crippen LogP contribution is -2.25. The number of anilines is 1. The predicted molar refractivity (Wildman–Crippen MR) is 144 cm³/mol. The molecular formula is C28H20ClFN6O. The molecule has 0 bridgehead atoms. The second kappa shape index (κ2) is 8.83. The second-order valence-corrected chi connectivity index (χ2v) is 9.18. The molecule has 0 aliphatic carbocycles. The summed E-state index contributed by atoms with van der Waals surface area (Å²) in [5, 5.41) is 7.22. The first-order valence-corrected chi connectivity index (χ1v) is 11.9. The zero-order valence-corrected chi connectivity index (χ0v) is 20.4. The number of nitrogen functional groups attached to an aromatic ring is 1. The number of hydrogen-bond acceptors (Lipinski definition) is 5. The molecule has 0 atom stereocenters. The molecule has 3 aromatic heterocycles. The van der Waals surface area contributed by atoms with Gasteiger partial charge in [-0.2, -0.15) is 5.10 Å². The van der Waals surface area contributed by atoms with E-state index in [-0.39, 0.29) is 23.6 Å². The van der Waals surface area contributed by atoms with Crippen molar-refractivity contribution in [3.05, 3.63) is 112 Å². The van der Waals surface area contributed by atoms with E-state index in [1.54, 1.807) is 35.0 Å². The molecule has 37 heavy (non-hydrogen) atoms. The summed E-state index contributed by atoms with van der Waals surface area (Å²) < 4.78 is 18.1. The fourth-order valence-corrected chi connectivity index (χ4v) is 4.92. The van der Waals surface area contributed by atoms with Crippen LogP contribution >= 0.6 is 11.6 Å². The first-order valence-electron chi connectivity index (χ1n) is 11.5. The highest BCUT2D eigenvalue weighted by molar-refractivity contribution is 6.30. The maximum absolute atomic E-state index is 15.0. The molecule has 6 aromatic rings. The van der Waals surface area contributed by atoms with E-state index in [0.717, 1.165) is 16.5 Å². The van der Waals surface area contributed by atoms with Crippen LogP contribution in [0, 0.1) is 12.7 Å². The third-order valence-corrected chi connectivity index (χ3v) is 6.63. The van der Waals surface area contributed by atoms with E-state index in [4.69, 9.17) is 22.4 Å². The van der Waals surface area contributed by atoms with E-state index < -0.39 is 5.82 Å². The van der Waals surface area contributed by atoms with Gasteiger partial charge in [-0.05, 0) is 48.2 Å². The predicted octanol–water partition coefficient (Wildman–Crippen LogP) is 5.53. The van der Waals surface area contributed by atoms with Gasteiger partial charge in [0.15, 0.2) is 5.65 Å². The highest BCUT2D eigenvalue weighted by Gasteiger charge is 2.20. The Morgan fingerprint density at radius 1 is 0.973 bits per heavy atom. The Morgan fingerprint density at radius 3 is 2.59 bits per heavy atom. The zero-order chi connectivity index (χ0) is 25.7. The van der Waals surface area contributed by atoms with Crippen molar-refractivity contribution in [3.63, 3.8) is 0 Å². The molecule has 0 aliphatic rings. The Labute approximate surface area is 215 Å². The number of fused-ring (bicyclic) bond motifs is 2. The fraction of sp³-hybridized carbons (Fsp3) is 0.0714. The Balaban J connectivity index is 1.63. The molecule has 7 nitrogen and oxygen atoms in total. The molecule has 0 saturated heterocycles. The van der Waals surface area contributed by atoms with Crippen molar-refractivity contribution in [3.8, 4) is 16.9 Å². The average molecular weight is 511 g/mol. The number of benzene rings is 3. The van der Waals surface area contributed by atoms with E-state index in [9.17, 15) is 4.79 Å². The molecule has 9 heteroatoms. The van der Waals surface area contributed by atoms with Crippen LogP contribution in [0.1, 0.15) is 11.3 Å². The topological polar surface area (TPSA) is 91.6 Å². The van der Waals surface area contributed by atoms with Crippen LogP contribution in [0.25, 0.3) is 38.8 Å². The monoisotopic (exact) mass is 510 g/mol. The van der Waals surface area contributed by atoms with Gasteiger partial charge in [0.2, 0.25) is 0 Å². The molecular weight excluding hydrogens is 491 g/mol. The largest absolute Gasteiger partial charge is 0.383 e. The van der Waals surface area contributed by atoms with Crippen LogP contribution in [0.4, 0.5) is 10.2 Å². The van der Waals surface area contributed by atoms with Gasteiger partial charge in [-0.1, -0.05) is 54.1 Å². The van der Waals surface area contributed by atoms with E-state index >= 15 is 4.39 Å². The van der Waals surface area contributed by atoms with Crippen molar-refractivity contribution < 1.29 is 4.39 Å². The molecule has 0 spiro atoms. The molecule has 3 aromatic carbocycles. The van der Waals surface area contributed by atoms with Crippen molar-refractivity contribution in [2.75, 3.05) is 5.73 Å². The van der Waals surface area contributed by atoms with E-state index in [1.807, 2.05) is 43.3 Å². The third kappa shape index (κ3) is 3.82. The zero-order valence-electron chi connectivity index (χ0n) is 19.7. The van der Waals surface area contributed by atoms with Gasteiger partial charge in [-0.15, -0.1) is 0 Å². The second-order valence-electron chi connectivity index (χ2n) is 8.74. The number of rotatable bonds is 4. The van der Waals surface area contributed by atoms with E-state index in [0.29, 0.717) is 32.8 Å². The van der Waals surface area contributed by atoms with E-state index in [2.05, 4.69) is 9.97 Å². The highest BCUT2D eigenvalue weighted by Crippen LogP contribution is 2.32. The fourth-order valence-electron chi connectivity index (χ4n) is 4.73. The van der Waals surface area contributed by atoms with Gasteiger partial charge in [0.25, 0.3) is 5.56 Å². The number of para-hydroxylation sites is 1. The van der Waals surface area contributed by atoms with Crippen molar-refractivity contribution in [2.24, 2.45) is 0 Å². The lowest BCUT2D eigenvalue weighted by molar-refractivity contribution is 0.606. The van der Waals surface area contributed by atoms with Gasteiger partial charge in [-0.3, -0.25) is 9.36 Å². The number of aryl methyl sites for hydroxylation is 1. The van der Waals surface area contributed by atoms with Crippen LogP contribution in [0.2, 0.25) is 5.02 Å². The summed E-state index contributed by atoms with van der Waals surface area (Å²) in [5.74, 6) is -0.234. The number of pyridine rings is 1. The van der Waals surface area contributed by atoms with Gasteiger partial charge < -0.3 is 5.73 Å². The summed E-state index contributed by atoms with van der Waals surface area (Å²) in [7, 11) is 0. The molecule has 6 rings (SSSR count). The standard InChI is InChI=1S/C28H20ClFN6O/c1-16-6-4-7-17-13-20(36(28(37)23(16)17)22-11-3-2-10-21(22)30)14-35-27-24(26(31)32-15-33-27)25(34-35)18-8-5-9-19(29)12-18/h2-13,15H,14H2,1H3,(H2,31,32,33). The van der Waals surface area contributed by atoms with Gasteiger partial charge in [0.05, 0.1) is 23.0 Å². The molecule has 3 heterocycles. The van der Waals surface area contributed by atoms with Crippen LogP contribution in [0.3, 0.4) is 0 Å². The number of nitrogens with zero attached hydrogens (tertiary/aromatic N) is 5. The third-order valence-electron chi connectivity index (χ3n) is 6.39. The minimum atomic E-state index is -0.504. The summed E-state index contributed by atoms with van der Waals surface area (Å²) in [6.45, 7) is 1.99. The Hall–Kier alpha value is -4.56. The van der Waals surface area contributed by atoms with Crippen LogP contribution in [-0.4, -0.2) is 24.3 Å². The lowest BCUT2D eigenvalue weighted by Gasteiger charge is -2.16. The normalized spacial score (nSPS) is 11.4. The summed E-state index contributed by atoms with van der Waals surface area (Å²) in [6.07, 6.45) is 1.37. The van der Waals surface area contributed by atoms with Crippen LogP contribution in [0.15, 0.2) is 83.9 Å². The maximum Gasteiger partial charge on any atom is 0.263 e. The Morgan fingerprint density at radius 2 is 1.78 bits per heavy atom. The first-order chi connectivity index (χ1) is 17.9. The van der Waals surface area contributed by atoms with Crippen molar-refractivity contribution in [1.29, 1.82) is 0 Å². The van der Waals surface area contributed by atoms with Crippen LogP contribution < -0.4 is 11.3 Å².